The third-order valence-corrected chi connectivity index (χ3v) is 8.05. The molecule has 0 aromatic rings. The Morgan fingerprint density at radius 1 is 1.25 bits per heavy atom. The van der Waals surface area contributed by atoms with Crippen LogP contribution in [0.15, 0.2) is 58.7 Å². The highest BCUT2D eigenvalue weighted by molar-refractivity contribution is 8.02. The lowest BCUT2D eigenvalue weighted by molar-refractivity contribution is -0.138. The average molecular weight is 517 g/mol. The summed E-state index contributed by atoms with van der Waals surface area (Å²) in [6.07, 6.45) is 12.9. The lowest BCUT2D eigenvalue weighted by atomic mass is 9.94. The standard InChI is InChI=1S/C28H40N2O5S/c1-18-14-25(34-6)19(2)13-24(18)29-26(31)17-30(16-22-10-7-20(3)35-22)15-21-8-11-23(12-9-21)36-28(4,5)27(32)33/h8-11,14,19-20,23H,7,12-13,15-17H2,1-6H3,(H,29,31)(H,32,33). The van der Waals surface area contributed by atoms with E-state index in [4.69, 9.17) is 9.47 Å². The first-order valence-corrected chi connectivity index (χ1v) is 13.5. The largest absolute Gasteiger partial charge is 0.501 e. The number of nitrogens with one attached hydrogen (secondary N) is 1. The second kappa shape index (κ2) is 12.2. The van der Waals surface area contributed by atoms with E-state index < -0.39 is 10.7 Å². The van der Waals surface area contributed by atoms with Crippen molar-refractivity contribution in [2.45, 2.75) is 70.0 Å². The third kappa shape index (κ3) is 7.77. The van der Waals surface area contributed by atoms with Crippen LogP contribution in [0.5, 0.6) is 0 Å². The van der Waals surface area contributed by atoms with Gasteiger partial charge in [-0.1, -0.05) is 25.2 Å². The molecule has 1 aliphatic heterocycles. The van der Waals surface area contributed by atoms with E-state index in [9.17, 15) is 14.7 Å². The summed E-state index contributed by atoms with van der Waals surface area (Å²) in [5.74, 6) is 1.21. The second-order valence-corrected chi connectivity index (χ2v) is 12.3. The molecule has 1 heterocycles. The SMILES string of the molecule is COC1=CC(C)=C(NC(=O)CN(CC2=CCC(SC(C)(C)C(=O)O)C=C2)CC2=CCC(C)O2)CC1C. The summed E-state index contributed by atoms with van der Waals surface area (Å²) in [4.78, 5) is 26.7. The maximum absolute atomic E-state index is 13.1. The zero-order valence-electron chi connectivity index (χ0n) is 22.3. The van der Waals surface area contributed by atoms with Gasteiger partial charge < -0.3 is 19.9 Å². The number of aliphatic carboxylic acids is 1. The van der Waals surface area contributed by atoms with Crippen LogP contribution in [0.2, 0.25) is 0 Å². The van der Waals surface area contributed by atoms with E-state index in [0.717, 1.165) is 47.6 Å². The van der Waals surface area contributed by atoms with Crippen molar-refractivity contribution in [2.75, 3.05) is 26.7 Å². The molecule has 3 aliphatic rings. The van der Waals surface area contributed by atoms with Crippen molar-refractivity contribution in [1.82, 2.24) is 10.2 Å². The van der Waals surface area contributed by atoms with Crippen LogP contribution in [-0.2, 0) is 19.1 Å². The van der Waals surface area contributed by atoms with Gasteiger partial charge in [-0.25, -0.2) is 0 Å². The number of hydrogen-bond donors (Lipinski definition) is 2. The van der Waals surface area contributed by atoms with Gasteiger partial charge in [0.25, 0.3) is 0 Å². The quantitative estimate of drug-likeness (QED) is 0.408. The van der Waals surface area contributed by atoms with Crippen LogP contribution in [-0.4, -0.2) is 64.7 Å². The number of thioether (sulfide) groups is 1. The van der Waals surface area contributed by atoms with Crippen molar-refractivity contribution in [1.29, 1.82) is 0 Å². The van der Waals surface area contributed by atoms with Gasteiger partial charge in [0.1, 0.15) is 10.5 Å². The Kier molecular flexibility index (Phi) is 9.53. The highest BCUT2D eigenvalue weighted by Crippen LogP contribution is 2.34. The van der Waals surface area contributed by atoms with Gasteiger partial charge in [-0.2, -0.15) is 0 Å². The fourth-order valence-corrected chi connectivity index (χ4v) is 5.72. The van der Waals surface area contributed by atoms with Crippen LogP contribution in [0.1, 0.15) is 53.9 Å². The van der Waals surface area contributed by atoms with Gasteiger partial charge in [-0.15, -0.1) is 11.8 Å². The van der Waals surface area contributed by atoms with E-state index in [0.29, 0.717) is 13.1 Å². The summed E-state index contributed by atoms with van der Waals surface area (Å²) in [5, 5.41) is 12.7. The zero-order valence-corrected chi connectivity index (χ0v) is 23.1. The molecule has 3 unspecified atom stereocenters. The van der Waals surface area contributed by atoms with Gasteiger partial charge in [-0.05, 0) is 63.8 Å². The molecule has 2 N–H and O–H groups in total. The van der Waals surface area contributed by atoms with Gasteiger partial charge >= 0.3 is 5.97 Å². The Morgan fingerprint density at radius 2 is 2.00 bits per heavy atom. The van der Waals surface area contributed by atoms with E-state index in [1.165, 1.54) is 11.8 Å². The van der Waals surface area contributed by atoms with Crippen molar-refractivity contribution in [3.8, 4) is 0 Å². The molecule has 0 saturated heterocycles. The van der Waals surface area contributed by atoms with Gasteiger partial charge in [0.15, 0.2) is 0 Å². The number of allylic oxidation sites excluding steroid dienone is 5. The highest BCUT2D eigenvalue weighted by Gasteiger charge is 2.31. The number of nitrogens with zero attached hydrogens (tertiary/aromatic N) is 1. The summed E-state index contributed by atoms with van der Waals surface area (Å²) < 4.78 is 10.5. The summed E-state index contributed by atoms with van der Waals surface area (Å²) in [5.41, 5.74) is 3.08. The predicted octanol–water partition coefficient (Wildman–Crippen LogP) is 4.79. The topological polar surface area (TPSA) is 88.1 Å². The van der Waals surface area contributed by atoms with Crippen molar-refractivity contribution in [3.63, 3.8) is 0 Å². The number of rotatable bonds is 11. The number of carboxylic acid groups (broad SMARTS) is 1. The number of carboxylic acids is 1. The molecule has 0 aromatic carbocycles. The molecule has 0 radical (unpaired) electrons. The average Bonchev–Trinajstić information content (AvgIpc) is 3.21. The fourth-order valence-electron chi connectivity index (χ4n) is 4.51. The molecule has 3 rings (SSSR count). The van der Waals surface area contributed by atoms with Gasteiger partial charge in [0.2, 0.25) is 5.91 Å². The molecule has 36 heavy (non-hydrogen) atoms. The molecule has 2 aliphatic carbocycles. The second-order valence-electron chi connectivity index (χ2n) is 10.4. The number of methoxy groups -OCH3 is 1. The predicted molar refractivity (Wildman–Crippen MR) is 144 cm³/mol. The van der Waals surface area contributed by atoms with Gasteiger partial charge in [-0.3, -0.25) is 14.5 Å². The molecule has 3 atom stereocenters. The first-order valence-electron chi connectivity index (χ1n) is 12.6. The van der Waals surface area contributed by atoms with Crippen LogP contribution in [0.3, 0.4) is 0 Å². The molecular weight excluding hydrogens is 476 g/mol. The minimum atomic E-state index is -0.837. The lowest BCUT2D eigenvalue weighted by Crippen LogP contribution is -2.40. The summed E-state index contributed by atoms with van der Waals surface area (Å²) in [7, 11) is 1.68. The van der Waals surface area contributed by atoms with E-state index in [1.54, 1.807) is 21.0 Å². The van der Waals surface area contributed by atoms with Crippen molar-refractivity contribution in [3.05, 3.63) is 58.7 Å². The van der Waals surface area contributed by atoms with E-state index in [2.05, 4.69) is 41.4 Å². The smallest absolute Gasteiger partial charge is 0.319 e. The molecule has 7 nitrogen and oxygen atoms in total. The van der Waals surface area contributed by atoms with Gasteiger partial charge in [0.05, 0.1) is 32.1 Å². The summed E-state index contributed by atoms with van der Waals surface area (Å²) in [6, 6.07) is 0. The van der Waals surface area contributed by atoms with E-state index >= 15 is 0 Å². The van der Waals surface area contributed by atoms with Crippen LogP contribution < -0.4 is 5.32 Å². The first kappa shape index (κ1) is 28.1. The Bertz CT molecular complexity index is 1010. The summed E-state index contributed by atoms with van der Waals surface area (Å²) >= 11 is 1.45. The third-order valence-electron chi connectivity index (χ3n) is 6.64. The molecule has 198 valence electrons. The minimum Gasteiger partial charge on any atom is -0.501 e. The minimum absolute atomic E-state index is 0.0468. The lowest BCUT2D eigenvalue weighted by Gasteiger charge is -2.28. The summed E-state index contributed by atoms with van der Waals surface area (Å²) in [6.45, 7) is 11.0. The molecule has 0 saturated carbocycles. The fraction of sp³-hybridized carbons (Fsp3) is 0.571. The Hall–Kier alpha value is -2.45. The van der Waals surface area contributed by atoms with Crippen LogP contribution >= 0.6 is 11.8 Å². The number of ether oxygens (including phenoxy) is 2. The monoisotopic (exact) mass is 516 g/mol. The molecule has 0 aromatic heterocycles. The number of amides is 1. The normalized spacial score (nSPS) is 24.2. The Morgan fingerprint density at radius 3 is 2.58 bits per heavy atom. The molecule has 1 amide bonds. The van der Waals surface area contributed by atoms with E-state index in [1.807, 2.05) is 19.9 Å². The number of carbonyl (C=O) groups excluding carboxylic acids is 1. The van der Waals surface area contributed by atoms with Crippen LogP contribution in [0.4, 0.5) is 0 Å². The maximum atomic E-state index is 13.1. The number of carbonyl (C=O) groups is 2. The van der Waals surface area contributed by atoms with Crippen molar-refractivity contribution < 1.29 is 24.2 Å². The molecule has 0 fully saturated rings. The zero-order chi connectivity index (χ0) is 26.5. The van der Waals surface area contributed by atoms with Crippen LogP contribution in [0, 0.1) is 5.92 Å². The molecule has 8 heteroatoms. The Balaban J connectivity index is 1.64. The van der Waals surface area contributed by atoms with Gasteiger partial charge in [0, 0.05) is 29.8 Å². The first-order chi connectivity index (χ1) is 17.0. The van der Waals surface area contributed by atoms with E-state index in [-0.39, 0.29) is 29.7 Å². The highest BCUT2D eigenvalue weighted by atomic mass is 32.2. The Labute approximate surface area is 219 Å². The van der Waals surface area contributed by atoms with Crippen molar-refractivity contribution in [2.24, 2.45) is 5.92 Å². The molecule has 0 spiro atoms. The molecule has 0 bridgehead atoms. The molecular formula is C28H40N2O5S. The van der Waals surface area contributed by atoms with Crippen molar-refractivity contribution >= 4 is 23.6 Å². The van der Waals surface area contributed by atoms with Crippen LogP contribution in [0.25, 0.3) is 0 Å². The number of hydrogen-bond acceptors (Lipinski definition) is 6. The maximum Gasteiger partial charge on any atom is 0.319 e.